The van der Waals surface area contributed by atoms with Crippen molar-refractivity contribution in [2.45, 2.75) is 396 Å². The van der Waals surface area contributed by atoms with Crippen LogP contribution in [0.3, 0.4) is 0 Å². The quantitative estimate of drug-likeness (QED) is 0.0204. The number of unbranched alkanes of at least 4 members (excludes halogenated alkanes) is 38. The van der Waals surface area contributed by atoms with E-state index in [1.165, 1.54) is 218 Å². The van der Waals surface area contributed by atoms with E-state index >= 15 is 0 Å². The third-order valence-electron chi connectivity index (χ3n) is 18.8. The lowest BCUT2D eigenvalue weighted by Crippen LogP contribution is -2.65. The van der Waals surface area contributed by atoms with Gasteiger partial charge in [0.05, 0.1) is 32.0 Å². The summed E-state index contributed by atoms with van der Waals surface area (Å²) in [6, 6.07) is -0.937. The van der Waals surface area contributed by atoms with Crippen LogP contribution < -0.4 is 5.32 Å². The number of aliphatic hydroxyl groups is 8. The molecule has 1 amide bonds. The zero-order valence-electron chi connectivity index (χ0n) is 60.8. The van der Waals surface area contributed by atoms with Gasteiger partial charge >= 0.3 is 0 Å². The summed E-state index contributed by atoms with van der Waals surface area (Å²) >= 11 is 0. The number of hydrogen-bond donors (Lipinski definition) is 9. The molecule has 2 saturated heterocycles. The van der Waals surface area contributed by atoms with Crippen molar-refractivity contribution in [3.8, 4) is 0 Å². The van der Waals surface area contributed by atoms with Crippen LogP contribution in [0.1, 0.15) is 322 Å². The number of carbonyl (C=O) groups excluding carboxylic acids is 1. The highest BCUT2D eigenvalue weighted by Gasteiger charge is 2.51. The molecule has 556 valence electrons. The molecule has 2 aliphatic heterocycles. The Hall–Kier alpha value is -3.09. The van der Waals surface area contributed by atoms with Gasteiger partial charge in [0.2, 0.25) is 5.91 Å². The first-order chi connectivity index (χ1) is 47.1. The normalized spacial score (nSPS) is 22.8. The van der Waals surface area contributed by atoms with E-state index in [-0.39, 0.29) is 18.9 Å². The van der Waals surface area contributed by atoms with E-state index in [2.05, 4.69) is 104 Å². The Morgan fingerprint density at radius 1 is 0.385 bits per heavy atom. The van der Waals surface area contributed by atoms with Crippen LogP contribution in [0.2, 0.25) is 0 Å². The van der Waals surface area contributed by atoms with Crippen LogP contribution in [0.15, 0.2) is 97.2 Å². The lowest BCUT2D eigenvalue weighted by molar-refractivity contribution is -0.359. The Morgan fingerprint density at radius 3 is 1.15 bits per heavy atom. The number of allylic oxidation sites excluding steroid dienone is 15. The first-order valence-electron chi connectivity index (χ1n) is 39.5. The first-order valence-corrected chi connectivity index (χ1v) is 39.5. The SMILES string of the molecule is CC/C=C\C/C=C\C/C=C\C/C=C\C/C=C\C/C=C\CCCCCCCCCCCCCCCCCCCCC(=O)NC(COC1OC(CO)C(OC2OC(CO)C(O)C(O)C2O)C(O)C1O)C(O)/C=C/CC/C=C/CCCCCCCCCCCCCCCCCCCCC. The van der Waals surface area contributed by atoms with E-state index in [0.717, 1.165) is 70.6 Å². The lowest BCUT2D eigenvalue weighted by Gasteiger charge is -2.46. The van der Waals surface area contributed by atoms with Gasteiger partial charge in [0.15, 0.2) is 12.6 Å². The standard InChI is InChI=1S/C82H145NO13/c1-3-5-7-9-11-13-15-17-19-21-23-25-27-29-30-31-32-33-34-35-36-37-38-39-40-42-44-46-48-50-52-54-56-58-60-62-64-66-74(87)83-70(69-93-81-79(92)77(90)80(73(68-85)95-81)96-82-78(91)76(89)75(88)72(67-84)94-82)71(86)65-63-61-59-57-55-53-51-49-47-45-43-41-28-26-24-22-20-18-16-14-12-10-8-6-4-2/h5,7,11,13,17,19,23,25,29-30,32-33,55,57,63,65,70-73,75-82,84-86,88-92H,3-4,6,8-10,12,14-16,18,20-22,24,26-28,31,34-54,56,58-62,64,66-69H2,1-2H3,(H,83,87)/b7-5-,13-11-,19-17-,25-23-,30-29-,33-32-,57-55+,65-63+. The highest BCUT2D eigenvalue weighted by Crippen LogP contribution is 2.30. The van der Waals surface area contributed by atoms with Crippen molar-refractivity contribution in [1.29, 1.82) is 0 Å². The molecular weight excluding hydrogens is 1210 g/mol. The van der Waals surface area contributed by atoms with Gasteiger partial charge in [-0.25, -0.2) is 0 Å². The van der Waals surface area contributed by atoms with Crippen molar-refractivity contribution in [1.82, 2.24) is 5.32 Å². The van der Waals surface area contributed by atoms with E-state index in [1.54, 1.807) is 6.08 Å². The van der Waals surface area contributed by atoms with E-state index in [1.807, 2.05) is 6.08 Å². The monoisotopic (exact) mass is 1350 g/mol. The number of nitrogens with one attached hydrogen (secondary N) is 1. The summed E-state index contributed by atoms with van der Waals surface area (Å²) in [5.74, 6) is -0.247. The fourth-order valence-electron chi connectivity index (χ4n) is 12.6. The molecule has 96 heavy (non-hydrogen) atoms. The van der Waals surface area contributed by atoms with Crippen LogP contribution in [0, 0.1) is 0 Å². The van der Waals surface area contributed by atoms with Gasteiger partial charge in [0, 0.05) is 6.42 Å². The minimum absolute atomic E-state index is 0.247. The van der Waals surface area contributed by atoms with E-state index < -0.39 is 86.8 Å². The second-order valence-electron chi connectivity index (χ2n) is 27.4. The van der Waals surface area contributed by atoms with Gasteiger partial charge in [-0.05, 0) is 83.5 Å². The second kappa shape index (κ2) is 65.2. The summed E-state index contributed by atoms with van der Waals surface area (Å²) in [5.41, 5.74) is 0. The van der Waals surface area contributed by atoms with Crippen LogP contribution in [0.4, 0.5) is 0 Å². The number of aliphatic hydroxyl groups excluding tert-OH is 8. The molecule has 0 radical (unpaired) electrons. The minimum Gasteiger partial charge on any atom is -0.394 e. The summed E-state index contributed by atoms with van der Waals surface area (Å²) < 4.78 is 22.9. The largest absolute Gasteiger partial charge is 0.394 e. The molecule has 0 saturated carbocycles. The molecule has 14 heteroatoms. The van der Waals surface area contributed by atoms with Gasteiger partial charge in [0.25, 0.3) is 0 Å². The second-order valence-corrected chi connectivity index (χ2v) is 27.4. The Morgan fingerprint density at radius 2 is 0.729 bits per heavy atom. The van der Waals surface area contributed by atoms with Crippen LogP contribution in [-0.2, 0) is 23.7 Å². The Bertz CT molecular complexity index is 1980. The maximum absolute atomic E-state index is 13.4. The maximum Gasteiger partial charge on any atom is 0.220 e. The number of rotatable bonds is 65. The summed E-state index contributed by atoms with van der Waals surface area (Å²) in [6.45, 7) is 2.71. The molecule has 2 fully saturated rings. The number of amides is 1. The lowest BCUT2D eigenvalue weighted by atomic mass is 9.97. The summed E-state index contributed by atoms with van der Waals surface area (Å²) in [5, 5.41) is 87.6. The topological polar surface area (TPSA) is 228 Å². The van der Waals surface area contributed by atoms with Crippen LogP contribution in [-0.4, -0.2) is 140 Å². The number of ether oxygens (including phenoxy) is 4. The fraction of sp³-hybridized carbons (Fsp3) is 0.793. The van der Waals surface area contributed by atoms with Crippen molar-refractivity contribution in [2.75, 3.05) is 19.8 Å². The zero-order valence-corrected chi connectivity index (χ0v) is 60.8. The molecule has 0 bridgehead atoms. The predicted molar refractivity (Wildman–Crippen MR) is 396 cm³/mol. The summed E-state index contributed by atoms with van der Waals surface area (Å²) in [7, 11) is 0. The molecule has 0 spiro atoms. The Labute approximate surface area is 585 Å². The fourth-order valence-corrected chi connectivity index (χ4v) is 12.6. The molecule has 2 aliphatic rings. The molecule has 0 aromatic rings. The predicted octanol–water partition coefficient (Wildman–Crippen LogP) is 17.7. The minimum atomic E-state index is -1.79. The van der Waals surface area contributed by atoms with E-state index in [4.69, 9.17) is 18.9 Å². The van der Waals surface area contributed by atoms with Crippen molar-refractivity contribution in [2.24, 2.45) is 0 Å². The Balaban J connectivity index is 1.62. The number of hydrogen-bond acceptors (Lipinski definition) is 13. The van der Waals surface area contributed by atoms with Gasteiger partial charge in [0.1, 0.15) is 48.8 Å². The summed E-state index contributed by atoms with van der Waals surface area (Å²) in [4.78, 5) is 13.4. The third-order valence-corrected chi connectivity index (χ3v) is 18.8. The third kappa shape index (κ3) is 47.9. The van der Waals surface area contributed by atoms with Crippen molar-refractivity contribution < 1.29 is 64.6 Å². The van der Waals surface area contributed by atoms with Gasteiger partial charge in [-0.2, -0.15) is 0 Å². The molecule has 9 N–H and O–H groups in total. The Kier molecular flexibility index (Phi) is 60.5. The average molecular weight is 1350 g/mol. The van der Waals surface area contributed by atoms with Gasteiger partial charge in [-0.15, -0.1) is 0 Å². The maximum atomic E-state index is 13.4. The van der Waals surface area contributed by atoms with E-state index in [0.29, 0.717) is 12.8 Å². The molecule has 0 aromatic heterocycles. The summed E-state index contributed by atoms with van der Waals surface area (Å²) in [6.07, 6.45) is 76.3. The molecule has 12 atom stereocenters. The highest BCUT2D eigenvalue weighted by atomic mass is 16.7. The highest BCUT2D eigenvalue weighted by molar-refractivity contribution is 5.76. The average Bonchev–Trinajstić information content (AvgIpc) is 0.857. The molecule has 12 unspecified atom stereocenters. The molecule has 14 nitrogen and oxygen atoms in total. The molecule has 0 aromatic carbocycles. The van der Waals surface area contributed by atoms with Crippen LogP contribution >= 0.6 is 0 Å². The first kappa shape index (κ1) is 89.0. The van der Waals surface area contributed by atoms with Gasteiger partial charge in [-0.1, -0.05) is 329 Å². The molecule has 2 heterocycles. The number of carbonyl (C=O) groups is 1. The van der Waals surface area contributed by atoms with Gasteiger partial charge in [-0.3, -0.25) is 4.79 Å². The van der Waals surface area contributed by atoms with Gasteiger partial charge < -0.3 is 65.1 Å². The molecule has 2 rings (SSSR count). The smallest absolute Gasteiger partial charge is 0.220 e. The zero-order chi connectivity index (χ0) is 69.4. The van der Waals surface area contributed by atoms with Crippen molar-refractivity contribution in [3.63, 3.8) is 0 Å². The van der Waals surface area contributed by atoms with E-state index in [9.17, 15) is 45.6 Å². The molecular formula is C82H145NO13. The molecule has 0 aliphatic carbocycles. The van der Waals surface area contributed by atoms with Crippen molar-refractivity contribution in [3.05, 3.63) is 97.2 Å². The van der Waals surface area contributed by atoms with Crippen molar-refractivity contribution >= 4 is 5.91 Å². The van der Waals surface area contributed by atoms with Crippen LogP contribution in [0.5, 0.6) is 0 Å². The van der Waals surface area contributed by atoms with Crippen LogP contribution in [0.25, 0.3) is 0 Å².